The molecule has 66 valence electrons. The van der Waals surface area contributed by atoms with E-state index in [0.717, 1.165) is 13.2 Å². The molecule has 2 N–H and O–H groups in total. The van der Waals surface area contributed by atoms with E-state index in [1.165, 1.54) is 0 Å². The SMILES string of the molecule is CC(C)C1COC(CO)CN1. The van der Waals surface area contributed by atoms with E-state index >= 15 is 0 Å². The van der Waals surface area contributed by atoms with E-state index in [0.29, 0.717) is 12.0 Å². The molecule has 1 aliphatic heterocycles. The van der Waals surface area contributed by atoms with E-state index in [4.69, 9.17) is 9.84 Å². The number of aliphatic hydroxyl groups excluding tert-OH is 1. The molecular weight excluding hydrogens is 142 g/mol. The van der Waals surface area contributed by atoms with Crippen molar-refractivity contribution in [3.05, 3.63) is 0 Å². The van der Waals surface area contributed by atoms with Gasteiger partial charge in [-0.3, -0.25) is 0 Å². The summed E-state index contributed by atoms with van der Waals surface area (Å²) >= 11 is 0. The molecule has 0 bridgehead atoms. The van der Waals surface area contributed by atoms with E-state index in [2.05, 4.69) is 19.2 Å². The first-order valence-electron chi connectivity index (χ1n) is 4.20. The Morgan fingerprint density at radius 1 is 1.64 bits per heavy atom. The summed E-state index contributed by atoms with van der Waals surface area (Å²) in [5, 5.41) is 12.1. The van der Waals surface area contributed by atoms with Crippen LogP contribution in [0.5, 0.6) is 0 Å². The van der Waals surface area contributed by atoms with Crippen molar-refractivity contribution in [2.45, 2.75) is 26.0 Å². The van der Waals surface area contributed by atoms with Gasteiger partial charge in [0.05, 0.1) is 19.3 Å². The molecule has 1 rings (SSSR count). The summed E-state index contributed by atoms with van der Waals surface area (Å²) in [6.45, 7) is 5.96. The Bertz CT molecular complexity index is 109. The van der Waals surface area contributed by atoms with Gasteiger partial charge in [0.2, 0.25) is 0 Å². The van der Waals surface area contributed by atoms with E-state index in [1.54, 1.807) is 0 Å². The highest BCUT2D eigenvalue weighted by atomic mass is 16.5. The minimum atomic E-state index is 0.00463. The highest BCUT2D eigenvalue weighted by Gasteiger charge is 2.21. The van der Waals surface area contributed by atoms with Gasteiger partial charge < -0.3 is 15.2 Å². The molecule has 0 radical (unpaired) electrons. The fourth-order valence-electron chi connectivity index (χ4n) is 1.19. The minimum Gasteiger partial charge on any atom is -0.394 e. The number of ether oxygens (including phenoxy) is 1. The number of aliphatic hydroxyl groups is 1. The van der Waals surface area contributed by atoms with Crippen molar-refractivity contribution >= 4 is 0 Å². The summed E-state index contributed by atoms with van der Waals surface area (Å²) in [5.74, 6) is 0.606. The molecule has 1 heterocycles. The molecular formula is C8H17NO2. The van der Waals surface area contributed by atoms with E-state index in [-0.39, 0.29) is 12.7 Å². The molecule has 0 amide bonds. The van der Waals surface area contributed by atoms with E-state index in [9.17, 15) is 0 Å². The normalized spacial score (nSPS) is 32.7. The molecule has 3 heteroatoms. The summed E-state index contributed by atoms with van der Waals surface area (Å²) in [5.41, 5.74) is 0. The Balaban J connectivity index is 2.24. The Hall–Kier alpha value is -0.120. The van der Waals surface area contributed by atoms with Gasteiger partial charge in [-0.25, -0.2) is 0 Å². The average molecular weight is 159 g/mol. The van der Waals surface area contributed by atoms with Gasteiger partial charge in [0.15, 0.2) is 0 Å². The molecule has 3 nitrogen and oxygen atoms in total. The van der Waals surface area contributed by atoms with Crippen molar-refractivity contribution in [2.75, 3.05) is 19.8 Å². The predicted molar refractivity (Wildman–Crippen MR) is 43.5 cm³/mol. The van der Waals surface area contributed by atoms with Crippen LogP contribution in [0.15, 0.2) is 0 Å². The van der Waals surface area contributed by atoms with Crippen LogP contribution in [0.4, 0.5) is 0 Å². The second-order valence-corrected chi connectivity index (χ2v) is 3.40. The number of rotatable bonds is 2. The summed E-state index contributed by atoms with van der Waals surface area (Å²) in [4.78, 5) is 0. The second-order valence-electron chi connectivity index (χ2n) is 3.40. The smallest absolute Gasteiger partial charge is 0.0930 e. The molecule has 0 spiro atoms. The fourth-order valence-corrected chi connectivity index (χ4v) is 1.19. The molecule has 0 aliphatic carbocycles. The van der Waals surface area contributed by atoms with Crippen molar-refractivity contribution in [1.82, 2.24) is 5.32 Å². The molecule has 11 heavy (non-hydrogen) atoms. The Morgan fingerprint density at radius 3 is 2.73 bits per heavy atom. The number of morpholine rings is 1. The highest BCUT2D eigenvalue weighted by molar-refractivity contribution is 4.77. The van der Waals surface area contributed by atoms with Gasteiger partial charge in [-0.1, -0.05) is 13.8 Å². The minimum absolute atomic E-state index is 0.00463. The standard InChI is InChI=1S/C8H17NO2/c1-6(2)8-5-11-7(4-10)3-9-8/h6-10H,3-5H2,1-2H3. The lowest BCUT2D eigenvalue weighted by atomic mass is 10.0. The zero-order valence-electron chi connectivity index (χ0n) is 7.21. The third-order valence-corrected chi connectivity index (χ3v) is 2.13. The first-order chi connectivity index (χ1) is 5.24. The van der Waals surface area contributed by atoms with Gasteiger partial charge >= 0.3 is 0 Å². The first kappa shape index (κ1) is 8.97. The number of nitrogens with one attached hydrogen (secondary N) is 1. The predicted octanol–water partition coefficient (Wildman–Crippen LogP) is -0.00830. The van der Waals surface area contributed by atoms with Crippen LogP contribution in [0.1, 0.15) is 13.8 Å². The van der Waals surface area contributed by atoms with Gasteiger partial charge in [0.1, 0.15) is 0 Å². The molecule has 1 saturated heterocycles. The molecule has 0 aromatic heterocycles. The van der Waals surface area contributed by atoms with E-state index < -0.39 is 0 Å². The lowest BCUT2D eigenvalue weighted by Crippen LogP contribution is -2.49. The maximum absolute atomic E-state index is 8.75. The average Bonchev–Trinajstić information content (AvgIpc) is 2.05. The maximum atomic E-state index is 8.75. The monoisotopic (exact) mass is 159 g/mol. The largest absolute Gasteiger partial charge is 0.394 e. The third kappa shape index (κ3) is 2.43. The lowest BCUT2D eigenvalue weighted by Gasteiger charge is -2.31. The van der Waals surface area contributed by atoms with Gasteiger partial charge in [0, 0.05) is 12.6 Å². The van der Waals surface area contributed by atoms with Crippen LogP contribution in [0.3, 0.4) is 0 Å². The zero-order chi connectivity index (χ0) is 8.27. The van der Waals surface area contributed by atoms with Gasteiger partial charge in [-0.2, -0.15) is 0 Å². The van der Waals surface area contributed by atoms with Crippen molar-refractivity contribution in [3.8, 4) is 0 Å². The topological polar surface area (TPSA) is 41.5 Å². The summed E-state index contributed by atoms with van der Waals surface area (Å²) in [6.07, 6.45) is 0.00463. The molecule has 2 unspecified atom stereocenters. The summed E-state index contributed by atoms with van der Waals surface area (Å²) < 4.78 is 5.39. The fraction of sp³-hybridized carbons (Fsp3) is 1.00. The van der Waals surface area contributed by atoms with Crippen LogP contribution in [0.25, 0.3) is 0 Å². The summed E-state index contributed by atoms with van der Waals surface area (Å²) in [6, 6.07) is 0.456. The van der Waals surface area contributed by atoms with Crippen LogP contribution in [0, 0.1) is 5.92 Å². The molecule has 2 atom stereocenters. The summed E-state index contributed by atoms with van der Waals surface area (Å²) in [7, 11) is 0. The van der Waals surface area contributed by atoms with E-state index in [1.807, 2.05) is 0 Å². The molecule has 0 aromatic carbocycles. The van der Waals surface area contributed by atoms with Crippen LogP contribution < -0.4 is 5.32 Å². The zero-order valence-corrected chi connectivity index (χ0v) is 7.21. The number of hydrogen-bond donors (Lipinski definition) is 2. The Morgan fingerprint density at radius 2 is 2.36 bits per heavy atom. The molecule has 0 aromatic rings. The molecule has 0 saturated carbocycles. The third-order valence-electron chi connectivity index (χ3n) is 2.13. The van der Waals surface area contributed by atoms with Crippen molar-refractivity contribution in [1.29, 1.82) is 0 Å². The Labute approximate surface area is 67.7 Å². The first-order valence-corrected chi connectivity index (χ1v) is 4.20. The van der Waals surface area contributed by atoms with Crippen molar-refractivity contribution in [2.24, 2.45) is 5.92 Å². The highest BCUT2D eigenvalue weighted by Crippen LogP contribution is 2.08. The van der Waals surface area contributed by atoms with Crippen molar-refractivity contribution in [3.63, 3.8) is 0 Å². The van der Waals surface area contributed by atoms with Gasteiger partial charge in [-0.15, -0.1) is 0 Å². The Kier molecular flexibility index (Phi) is 3.30. The molecule has 1 aliphatic rings. The van der Waals surface area contributed by atoms with Gasteiger partial charge in [-0.05, 0) is 5.92 Å². The van der Waals surface area contributed by atoms with Crippen molar-refractivity contribution < 1.29 is 9.84 Å². The van der Waals surface area contributed by atoms with Crippen LogP contribution in [0.2, 0.25) is 0 Å². The van der Waals surface area contributed by atoms with Crippen LogP contribution in [-0.2, 0) is 4.74 Å². The van der Waals surface area contributed by atoms with Crippen LogP contribution in [-0.4, -0.2) is 37.0 Å². The number of hydrogen-bond acceptors (Lipinski definition) is 3. The van der Waals surface area contributed by atoms with Crippen LogP contribution >= 0.6 is 0 Å². The maximum Gasteiger partial charge on any atom is 0.0930 e. The van der Waals surface area contributed by atoms with Gasteiger partial charge in [0.25, 0.3) is 0 Å². The molecule has 1 fully saturated rings. The second kappa shape index (κ2) is 4.04. The quantitative estimate of drug-likeness (QED) is 0.595. The lowest BCUT2D eigenvalue weighted by molar-refractivity contribution is -0.0330.